The Bertz CT molecular complexity index is 3300. The van der Waals surface area contributed by atoms with E-state index in [0.29, 0.717) is 17.5 Å². The first-order valence-electron chi connectivity index (χ1n) is 19.6. The smallest absolute Gasteiger partial charge is 0.164 e. The monoisotopic (exact) mass is 748 g/mol. The van der Waals surface area contributed by atoms with Crippen LogP contribution in [-0.4, -0.2) is 19.5 Å². The van der Waals surface area contributed by atoms with E-state index in [4.69, 9.17) is 15.0 Å². The predicted molar refractivity (Wildman–Crippen MR) is 240 cm³/mol. The molecule has 270 valence electrons. The number of benzene rings is 8. The molecule has 3 aromatic heterocycles. The van der Waals surface area contributed by atoms with Crippen LogP contribution in [0.1, 0.15) is 18.9 Å². The molecule has 0 spiro atoms. The number of para-hydroxylation sites is 1. The van der Waals surface area contributed by atoms with Gasteiger partial charge >= 0.3 is 0 Å². The lowest BCUT2D eigenvalue weighted by Crippen LogP contribution is -2.02. The summed E-state index contributed by atoms with van der Waals surface area (Å²) in [6, 6.07) is 63.1. The normalized spacial score (nSPS) is 11.7. The topological polar surface area (TPSA) is 43.6 Å². The van der Waals surface area contributed by atoms with Gasteiger partial charge in [-0.3, -0.25) is 0 Å². The molecule has 0 unspecified atom stereocenters. The van der Waals surface area contributed by atoms with E-state index in [-0.39, 0.29) is 0 Å². The van der Waals surface area contributed by atoms with Crippen LogP contribution in [0.25, 0.3) is 104 Å². The maximum atomic E-state index is 5.16. The molecule has 0 atom stereocenters. The Morgan fingerprint density at radius 1 is 0.439 bits per heavy atom. The summed E-state index contributed by atoms with van der Waals surface area (Å²) in [4.78, 5) is 15.3. The zero-order chi connectivity index (χ0) is 37.9. The Morgan fingerprint density at radius 3 is 1.88 bits per heavy atom. The van der Waals surface area contributed by atoms with Gasteiger partial charge in [0.25, 0.3) is 0 Å². The van der Waals surface area contributed by atoms with Crippen molar-refractivity contribution in [3.63, 3.8) is 0 Å². The maximum Gasteiger partial charge on any atom is 0.164 e. The molecule has 8 aromatic carbocycles. The highest BCUT2D eigenvalue weighted by Gasteiger charge is 2.20. The van der Waals surface area contributed by atoms with Gasteiger partial charge < -0.3 is 4.57 Å². The average molecular weight is 749 g/mol. The van der Waals surface area contributed by atoms with Gasteiger partial charge in [0.05, 0.1) is 16.7 Å². The van der Waals surface area contributed by atoms with Crippen LogP contribution in [-0.2, 0) is 6.42 Å². The van der Waals surface area contributed by atoms with Crippen LogP contribution in [0.5, 0.6) is 0 Å². The van der Waals surface area contributed by atoms with E-state index < -0.39 is 0 Å². The minimum absolute atomic E-state index is 0.654. The van der Waals surface area contributed by atoms with Crippen molar-refractivity contribution < 1.29 is 0 Å². The lowest BCUT2D eigenvalue weighted by atomic mass is 10.0. The van der Waals surface area contributed by atoms with Crippen molar-refractivity contribution >= 4 is 64.1 Å². The Balaban J connectivity index is 1.09. The van der Waals surface area contributed by atoms with E-state index in [2.05, 4.69) is 169 Å². The highest BCUT2D eigenvalue weighted by atomic mass is 32.1. The molecule has 0 aliphatic rings. The van der Waals surface area contributed by atoms with Gasteiger partial charge in [0.15, 0.2) is 17.5 Å². The van der Waals surface area contributed by atoms with Gasteiger partial charge in [-0.15, -0.1) is 11.3 Å². The van der Waals surface area contributed by atoms with Gasteiger partial charge in [0.2, 0.25) is 0 Å². The van der Waals surface area contributed by atoms with E-state index in [1.165, 1.54) is 58.7 Å². The van der Waals surface area contributed by atoms with Gasteiger partial charge in [-0.1, -0.05) is 153 Å². The third-order valence-electron chi connectivity index (χ3n) is 11.2. The van der Waals surface area contributed by atoms with Crippen molar-refractivity contribution in [3.05, 3.63) is 181 Å². The predicted octanol–water partition coefficient (Wildman–Crippen LogP) is 14.1. The first kappa shape index (κ1) is 33.4. The lowest BCUT2D eigenvalue weighted by Gasteiger charge is -2.15. The molecule has 5 heteroatoms. The van der Waals surface area contributed by atoms with Crippen LogP contribution >= 0.6 is 11.3 Å². The summed E-state index contributed by atoms with van der Waals surface area (Å²) >= 11 is 1.88. The molecule has 0 radical (unpaired) electrons. The summed E-state index contributed by atoms with van der Waals surface area (Å²) in [5, 5.41) is 7.30. The SMILES string of the molecule is CCCc1ccc(-c2nc(-c3ccccc3)nc(-c3ccc(-n4c5ccccc5c5cc(-c6cccc7c6sc6ccccc67)ccc54)c4ccccc34)n2)cc1. The molecule has 4 nitrogen and oxygen atoms in total. The summed E-state index contributed by atoms with van der Waals surface area (Å²) in [6.45, 7) is 2.21. The first-order valence-corrected chi connectivity index (χ1v) is 20.4. The number of aromatic nitrogens is 4. The second-order valence-electron chi connectivity index (χ2n) is 14.7. The Hall–Kier alpha value is -6.95. The molecule has 11 rings (SSSR count). The van der Waals surface area contributed by atoms with Crippen LogP contribution < -0.4 is 0 Å². The quantitative estimate of drug-likeness (QED) is 0.163. The molecule has 0 N–H and O–H groups in total. The fourth-order valence-electron chi connectivity index (χ4n) is 8.50. The zero-order valence-corrected chi connectivity index (χ0v) is 32.2. The molecule has 11 aromatic rings. The number of thiophene rings is 1. The molecule has 0 aliphatic carbocycles. The fraction of sp³-hybridized carbons (Fsp3) is 0.0577. The molecule has 0 saturated carbocycles. The van der Waals surface area contributed by atoms with Crippen molar-refractivity contribution in [3.8, 4) is 51.0 Å². The highest BCUT2D eigenvalue weighted by Crippen LogP contribution is 2.43. The summed E-state index contributed by atoms with van der Waals surface area (Å²) in [5.74, 6) is 1.98. The van der Waals surface area contributed by atoms with Gasteiger partial charge in [-0.25, -0.2) is 15.0 Å². The van der Waals surface area contributed by atoms with Crippen LogP contribution in [0, 0.1) is 0 Å². The van der Waals surface area contributed by atoms with Gasteiger partial charge in [-0.05, 0) is 64.9 Å². The van der Waals surface area contributed by atoms with Gasteiger partial charge in [0, 0.05) is 53.0 Å². The molecule has 3 heterocycles. The molecule has 0 fully saturated rings. The molecule has 0 amide bonds. The van der Waals surface area contributed by atoms with E-state index in [0.717, 1.165) is 46.0 Å². The van der Waals surface area contributed by atoms with E-state index in [9.17, 15) is 0 Å². The maximum absolute atomic E-state index is 5.16. The van der Waals surface area contributed by atoms with E-state index in [1.54, 1.807) is 0 Å². The first-order chi connectivity index (χ1) is 28.2. The average Bonchev–Trinajstić information content (AvgIpc) is 3.82. The number of rotatable bonds is 7. The van der Waals surface area contributed by atoms with Crippen LogP contribution in [0.4, 0.5) is 0 Å². The van der Waals surface area contributed by atoms with Crippen molar-refractivity contribution in [1.82, 2.24) is 19.5 Å². The van der Waals surface area contributed by atoms with Gasteiger partial charge in [-0.2, -0.15) is 0 Å². The van der Waals surface area contributed by atoms with Crippen molar-refractivity contribution in [2.75, 3.05) is 0 Å². The Morgan fingerprint density at radius 2 is 1.07 bits per heavy atom. The molecule has 0 aliphatic heterocycles. The number of nitrogens with zero attached hydrogens (tertiary/aromatic N) is 4. The Labute approximate surface area is 334 Å². The molecule has 0 saturated heterocycles. The molecular formula is C52H36N4S. The molecule has 57 heavy (non-hydrogen) atoms. The largest absolute Gasteiger partial charge is 0.309 e. The lowest BCUT2D eigenvalue weighted by molar-refractivity contribution is 0.922. The van der Waals surface area contributed by atoms with Crippen molar-refractivity contribution in [1.29, 1.82) is 0 Å². The number of hydrogen-bond acceptors (Lipinski definition) is 4. The van der Waals surface area contributed by atoms with E-state index >= 15 is 0 Å². The van der Waals surface area contributed by atoms with Crippen LogP contribution in [0.15, 0.2) is 176 Å². The number of hydrogen-bond donors (Lipinski definition) is 0. The number of aryl methyl sites for hydroxylation is 1. The minimum Gasteiger partial charge on any atom is -0.309 e. The third-order valence-corrected chi connectivity index (χ3v) is 12.4. The summed E-state index contributed by atoms with van der Waals surface area (Å²) < 4.78 is 5.07. The minimum atomic E-state index is 0.654. The fourth-order valence-corrected chi connectivity index (χ4v) is 9.74. The van der Waals surface area contributed by atoms with Gasteiger partial charge in [0.1, 0.15) is 0 Å². The second kappa shape index (κ2) is 13.7. The summed E-state index contributed by atoms with van der Waals surface area (Å²) in [5.41, 5.74) is 10.2. The molecular weight excluding hydrogens is 713 g/mol. The summed E-state index contributed by atoms with van der Waals surface area (Å²) in [6.07, 6.45) is 2.16. The highest BCUT2D eigenvalue weighted by molar-refractivity contribution is 7.26. The summed E-state index contributed by atoms with van der Waals surface area (Å²) in [7, 11) is 0. The Kier molecular flexibility index (Phi) is 8.00. The third kappa shape index (κ3) is 5.62. The van der Waals surface area contributed by atoms with Crippen molar-refractivity contribution in [2.45, 2.75) is 19.8 Å². The van der Waals surface area contributed by atoms with Crippen LogP contribution in [0.3, 0.4) is 0 Å². The zero-order valence-electron chi connectivity index (χ0n) is 31.4. The van der Waals surface area contributed by atoms with E-state index in [1.807, 2.05) is 29.5 Å². The van der Waals surface area contributed by atoms with Crippen LogP contribution in [0.2, 0.25) is 0 Å². The second-order valence-corrected chi connectivity index (χ2v) is 15.7. The van der Waals surface area contributed by atoms with Crippen molar-refractivity contribution in [2.24, 2.45) is 0 Å². The number of fused-ring (bicyclic) bond motifs is 7. The standard InChI is InChI=1S/C52H36N4S/c1-2-13-33-24-26-35(27-25-33)51-53-50(34-14-4-3-5-15-34)54-52(55-51)43-29-31-46(39-17-7-6-16-38(39)43)56-45-22-10-8-18-40(45)44-32-36(28-30-47(44)56)37-20-12-21-42-41-19-9-11-23-48(41)57-49(37)42/h3-12,14-32H,2,13H2,1H3. The molecule has 0 bridgehead atoms.